The van der Waals surface area contributed by atoms with Gasteiger partial charge in [0.2, 0.25) is 0 Å². The fourth-order valence-corrected chi connectivity index (χ4v) is 8.96. The van der Waals surface area contributed by atoms with Gasteiger partial charge in [-0.3, -0.25) is 0 Å². The third-order valence-corrected chi connectivity index (χ3v) is 14.1. The molecule has 0 radical (unpaired) electrons. The van der Waals surface area contributed by atoms with Crippen molar-refractivity contribution in [2.45, 2.75) is 57.6 Å². The Morgan fingerprint density at radius 2 is 1.29 bits per heavy atom. The minimum Gasteiger partial charge on any atom is -0.120 e. The molecular weight excluding hydrogens is 618 g/mol. The average Bonchev–Trinajstić information content (AvgIpc) is 2.57. The lowest BCUT2D eigenvalue weighted by molar-refractivity contribution is 0.334. The van der Waals surface area contributed by atoms with E-state index in [0.717, 1.165) is 12.8 Å². The van der Waals surface area contributed by atoms with Crippen LogP contribution in [-0.4, -0.2) is 31.9 Å². The van der Waals surface area contributed by atoms with Crippen molar-refractivity contribution in [1.29, 1.82) is 0 Å². The first-order valence-corrected chi connectivity index (χ1v) is 12.7. The molecule has 0 saturated heterocycles. The van der Waals surface area contributed by atoms with Gasteiger partial charge in [0, 0.05) is 0 Å². The maximum absolute atomic E-state index is 7.09. The highest BCUT2D eigenvalue weighted by Crippen LogP contribution is 2.77. The monoisotopic (exact) mass is 624 g/mol. The first kappa shape index (κ1) is 25.6. The van der Waals surface area contributed by atoms with E-state index in [1.807, 2.05) is 12.2 Å². The minimum atomic E-state index is -2.40. The molecule has 0 amide bonds. The van der Waals surface area contributed by atoms with Crippen LogP contribution in [0.25, 0.3) is 0 Å². The second kappa shape index (κ2) is 7.74. The van der Waals surface area contributed by atoms with E-state index in [-0.39, 0.29) is 11.5 Å². The molecule has 0 aromatic heterocycles. The standard InChI is InChI=1S/C16H12Cl12/c17-9-6-5-7-3-1-2-4-8(7)10-11(18,12(9,19)20)14(23,24)16(27,28)15(25,26)13(10,21)22/h2,4,7,9H,1,3,5-6H2/b10-8+. The number of hydrogen-bond acceptors (Lipinski definition) is 0. The predicted molar refractivity (Wildman–Crippen MR) is 129 cm³/mol. The zero-order chi connectivity index (χ0) is 21.6. The summed E-state index contributed by atoms with van der Waals surface area (Å²) in [5.41, 5.74) is 0.689. The van der Waals surface area contributed by atoms with Crippen molar-refractivity contribution in [1.82, 2.24) is 0 Å². The first-order chi connectivity index (χ1) is 12.5. The van der Waals surface area contributed by atoms with E-state index in [0.29, 0.717) is 18.4 Å². The van der Waals surface area contributed by atoms with Gasteiger partial charge in [0.25, 0.3) is 0 Å². The van der Waals surface area contributed by atoms with Crippen LogP contribution in [0.2, 0.25) is 0 Å². The molecular formula is C16H12Cl12. The fourth-order valence-electron chi connectivity index (χ4n) is 4.03. The van der Waals surface area contributed by atoms with Crippen LogP contribution in [0.4, 0.5) is 0 Å². The number of alkyl halides is 12. The molecule has 160 valence electrons. The van der Waals surface area contributed by atoms with Crippen LogP contribution >= 0.6 is 139 Å². The zero-order valence-electron chi connectivity index (χ0n) is 13.7. The second-order valence-corrected chi connectivity index (χ2v) is 14.9. The molecule has 0 bridgehead atoms. The summed E-state index contributed by atoms with van der Waals surface area (Å²) in [6.07, 6.45) is 6.45. The maximum Gasteiger partial charge on any atom is 0.190 e. The van der Waals surface area contributed by atoms with Crippen molar-refractivity contribution in [2.24, 2.45) is 5.92 Å². The number of hydrogen-bond donors (Lipinski definition) is 0. The van der Waals surface area contributed by atoms with Crippen LogP contribution in [0.3, 0.4) is 0 Å². The van der Waals surface area contributed by atoms with Gasteiger partial charge in [0.05, 0.1) is 5.38 Å². The van der Waals surface area contributed by atoms with E-state index in [2.05, 4.69) is 0 Å². The van der Waals surface area contributed by atoms with Gasteiger partial charge in [-0.25, -0.2) is 0 Å². The molecule has 12 heteroatoms. The van der Waals surface area contributed by atoms with E-state index in [1.165, 1.54) is 0 Å². The molecule has 0 aliphatic heterocycles. The predicted octanol–water partition coefficient (Wildman–Crippen LogP) is 9.51. The molecule has 3 aliphatic carbocycles. The number of allylic oxidation sites excluding steroid dienone is 4. The summed E-state index contributed by atoms with van der Waals surface area (Å²) in [5.74, 6) is -0.0212. The lowest BCUT2D eigenvalue weighted by atomic mass is 9.68. The van der Waals surface area contributed by atoms with Crippen LogP contribution in [0, 0.1) is 5.92 Å². The SMILES string of the molecule is ClC1CCC2CCC=C/C2=C2\C(Cl)(Cl)C(Cl)(Cl)C(Cl)(Cl)C(Cl)(Cl)C2(Cl)C1(Cl)Cl. The molecule has 28 heavy (non-hydrogen) atoms. The number of halogens is 12. The third-order valence-electron chi connectivity index (χ3n) is 5.60. The molecule has 1 fully saturated rings. The molecule has 0 N–H and O–H groups in total. The van der Waals surface area contributed by atoms with E-state index in [9.17, 15) is 0 Å². The van der Waals surface area contributed by atoms with Crippen molar-refractivity contribution in [3.8, 4) is 0 Å². The Bertz CT molecular complexity index is 734. The highest BCUT2D eigenvalue weighted by molar-refractivity contribution is 6.78. The van der Waals surface area contributed by atoms with Gasteiger partial charge in [-0.1, -0.05) is 128 Å². The molecule has 1 saturated carbocycles. The Morgan fingerprint density at radius 3 is 1.86 bits per heavy atom. The molecule has 3 unspecified atom stereocenters. The van der Waals surface area contributed by atoms with Gasteiger partial charge in [-0.05, 0) is 42.7 Å². The summed E-state index contributed by atoms with van der Waals surface area (Å²) < 4.78 is -11.2. The Morgan fingerprint density at radius 1 is 0.714 bits per heavy atom. The highest BCUT2D eigenvalue weighted by atomic mass is 35.6. The molecule has 0 aromatic rings. The summed E-state index contributed by atoms with van der Waals surface area (Å²) in [4.78, 5) is -2.14. The summed E-state index contributed by atoms with van der Waals surface area (Å²) in [6.45, 7) is 0. The molecule has 0 nitrogen and oxygen atoms in total. The Kier molecular flexibility index (Phi) is 7.08. The topological polar surface area (TPSA) is 0 Å². The summed E-state index contributed by atoms with van der Waals surface area (Å²) >= 11 is 80.0. The first-order valence-electron chi connectivity index (χ1n) is 8.13. The van der Waals surface area contributed by atoms with Gasteiger partial charge in [-0.15, -0.1) is 23.2 Å². The fraction of sp³-hybridized carbons (Fsp3) is 0.750. The van der Waals surface area contributed by atoms with Gasteiger partial charge >= 0.3 is 0 Å². The maximum atomic E-state index is 7.09. The zero-order valence-corrected chi connectivity index (χ0v) is 22.7. The lowest BCUT2D eigenvalue weighted by Crippen LogP contribution is -2.77. The minimum absolute atomic E-state index is 0.0212. The Labute approximate surface area is 223 Å². The van der Waals surface area contributed by atoms with Crippen molar-refractivity contribution in [3.63, 3.8) is 0 Å². The largest absolute Gasteiger partial charge is 0.190 e. The molecule has 3 aliphatic rings. The Balaban J connectivity index is 2.53. The molecule has 0 spiro atoms. The van der Waals surface area contributed by atoms with Gasteiger partial charge < -0.3 is 0 Å². The highest BCUT2D eigenvalue weighted by Gasteiger charge is 2.85. The van der Waals surface area contributed by atoms with Gasteiger partial charge in [0.15, 0.2) is 21.7 Å². The smallest absolute Gasteiger partial charge is 0.120 e. The van der Waals surface area contributed by atoms with E-state index >= 15 is 0 Å². The van der Waals surface area contributed by atoms with Crippen LogP contribution < -0.4 is 0 Å². The van der Waals surface area contributed by atoms with E-state index in [1.54, 1.807) is 0 Å². The van der Waals surface area contributed by atoms with E-state index < -0.39 is 31.9 Å². The molecule has 3 atom stereocenters. The quantitative estimate of drug-likeness (QED) is 0.234. The summed E-state index contributed by atoms with van der Waals surface area (Å²) in [6, 6.07) is 0. The Hall–Kier alpha value is 2.96. The van der Waals surface area contributed by atoms with Crippen LogP contribution in [0.1, 0.15) is 25.7 Å². The van der Waals surface area contributed by atoms with E-state index in [4.69, 9.17) is 139 Å². The second-order valence-electron chi connectivity index (χ2n) is 7.13. The van der Waals surface area contributed by atoms with Crippen LogP contribution in [0.15, 0.2) is 23.3 Å². The van der Waals surface area contributed by atoms with Gasteiger partial charge in [0.1, 0.15) is 4.87 Å². The van der Waals surface area contributed by atoms with Gasteiger partial charge in [-0.2, -0.15) is 0 Å². The summed E-state index contributed by atoms with van der Waals surface area (Å²) in [5, 5.41) is -0.890. The van der Waals surface area contributed by atoms with Crippen molar-refractivity contribution in [2.75, 3.05) is 0 Å². The van der Waals surface area contributed by atoms with Crippen LogP contribution in [-0.2, 0) is 0 Å². The van der Waals surface area contributed by atoms with Crippen molar-refractivity contribution < 1.29 is 0 Å². The molecule has 0 aromatic carbocycles. The average molecular weight is 630 g/mol. The molecule has 0 heterocycles. The normalized spacial score (nSPS) is 42.7. The number of rotatable bonds is 0. The molecule has 3 rings (SSSR count). The van der Waals surface area contributed by atoms with Crippen LogP contribution in [0.5, 0.6) is 0 Å². The lowest BCUT2D eigenvalue weighted by Gasteiger charge is -2.63. The summed E-state index contributed by atoms with van der Waals surface area (Å²) in [7, 11) is 0. The van der Waals surface area contributed by atoms with Crippen molar-refractivity contribution >= 4 is 139 Å². The number of fused-ring (bicyclic) bond motifs is 2. The van der Waals surface area contributed by atoms with Crippen molar-refractivity contribution in [3.05, 3.63) is 23.3 Å². The third kappa shape index (κ3) is 3.06.